The molecule has 0 aliphatic carbocycles. The van der Waals surface area contributed by atoms with Crippen LogP contribution in [0.15, 0.2) is 60.0 Å². The third kappa shape index (κ3) is 3.51. The zero-order chi connectivity index (χ0) is 20.7. The number of nitrogens with zero attached hydrogens (tertiary/aromatic N) is 2. The Kier molecular flexibility index (Phi) is 4.84. The lowest BCUT2D eigenvalue weighted by Gasteiger charge is -2.10. The molecule has 2 aromatic carbocycles. The molecule has 0 fully saturated rings. The molecule has 0 unspecified atom stereocenters. The van der Waals surface area contributed by atoms with Gasteiger partial charge in [-0.05, 0) is 59.3 Å². The lowest BCUT2D eigenvalue weighted by Crippen LogP contribution is -2.17. The minimum Gasteiger partial charge on any atom is -0.331 e. The quantitative estimate of drug-likeness (QED) is 0.351. The molecule has 5 aromatic rings. The van der Waals surface area contributed by atoms with Gasteiger partial charge in [-0.1, -0.05) is 36.5 Å². The zero-order valence-corrected chi connectivity index (χ0v) is 17.8. The molecule has 0 aliphatic rings. The van der Waals surface area contributed by atoms with Gasteiger partial charge in [0.2, 0.25) is 0 Å². The molecular formula is C23H18FN3OS2. The van der Waals surface area contributed by atoms with Gasteiger partial charge in [-0.15, -0.1) is 11.3 Å². The number of nitrogens with one attached hydrogen (secondary N) is 1. The second-order valence-electron chi connectivity index (χ2n) is 7.04. The molecular weight excluding hydrogens is 417 g/mol. The molecule has 30 heavy (non-hydrogen) atoms. The monoisotopic (exact) mass is 435 g/mol. The summed E-state index contributed by atoms with van der Waals surface area (Å²) >= 11 is 3.05. The molecule has 3 heterocycles. The molecule has 3 aromatic heterocycles. The van der Waals surface area contributed by atoms with Crippen molar-refractivity contribution in [3.8, 4) is 0 Å². The van der Waals surface area contributed by atoms with Crippen LogP contribution in [0.3, 0.4) is 0 Å². The number of thiazole rings is 1. The molecule has 0 atom stereocenters. The first-order valence-corrected chi connectivity index (χ1v) is 11.3. The number of amides is 1. The molecule has 1 amide bonds. The molecule has 5 rings (SSSR count). The van der Waals surface area contributed by atoms with Crippen molar-refractivity contribution >= 4 is 54.1 Å². The Balaban J connectivity index is 1.48. The Labute approximate surface area is 180 Å². The summed E-state index contributed by atoms with van der Waals surface area (Å²) in [5, 5.41) is 5.52. The lowest BCUT2D eigenvalue weighted by atomic mass is 10.2. The Morgan fingerprint density at radius 2 is 2.00 bits per heavy atom. The number of anilines is 1. The number of fused-ring (bicyclic) bond motifs is 2. The Morgan fingerprint density at radius 1 is 1.10 bits per heavy atom. The van der Waals surface area contributed by atoms with E-state index >= 15 is 0 Å². The second kappa shape index (κ2) is 7.66. The largest absolute Gasteiger partial charge is 0.331 e. The van der Waals surface area contributed by atoms with E-state index in [1.807, 2.05) is 34.2 Å². The van der Waals surface area contributed by atoms with Crippen molar-refractivity contribution in [2.75, 3.05) is 5.32 Å². The third-order valence-electron chi connectivity index (χ3n) is 5.07. The third-order valence-corrected chi connectivity index (χ3v) is 6.85. The van der Waals surface area contributed by atoms with Crippen LogP contribution >= 0.6 is 22.7 Å². The van der Waals surface area contributed by atoms with Gasteiger partial charge in [0.25, 0.3) is 5.91 Å². The van der Waals surface area contributed by atoms with Gasteiger partial charge in [0.05, 0.1) is 20.4 Å². The number of carbonyl (C=O) groups excluding carboxylic acids is 1. The van der Waals surface area contributed by atoms with E-state index in [0.29, 0.717) is 17.4 Å². The smallest absolute Gasteiger partial charge is 0.274 e. The lowest BCUT2D eigenvalue weighted by molar-refractivity contribution is 0.101. The predicted molar refractivity (Wildman–Crippen MR) is 122 cm³/mol. The van der Waals surface area contributed by atoms with E-state index in [4.69, 9.17) is 0 Å². The van der Waals surface area contributed by atoms with Crippen molar-refractivity contribution < 1.29 is 9.18 Å². The Hall–Kier alpha value is -3.03. The second-order valence-corrected chi connectivity index (χ2v) is 9.02. The number of halogens is 1. The SMILES string of the molecule is CCc1ccc2nc(NC(=O)c3cc4sccc4n3Cc3cccc(F)c3)sc2c1. The summed E-state index contributed by atoms with van der Waals surface area (Å²) in [6.45, 7) is 2.53. The standard InChI is InChI=1S/C23H18FN3OS2/c1-2-14-6-7-17-20(11-14)30-23(25-17)26-22(28)19-12-21-18(8-9-29-21)27(19)13-15-4-3-5-16(24)10-15/h3-12H,2,13H2,1H3,(H,25,26,28). The maximum atomic E-state index is 13.7. The van der Waals surface area contributed by atoms with Crippen LogP contribution in [-0.4, -0.2) is 15.5 Å². The minimum atomic E-state index is -0.284. The minimum absolute atomic E-state index is 0.218. The number of hydrogen-bond donors (Lipinski definition) is 1. The van der Waals surface area contributed by atoms with Gasteiger partial charge >= 0.3 is 0 Å². The molecule has 0 radical (unpaired) electrons. The highest BCUT2D eigenvalue weighted by Gasteiger charge is 2.18. The number of rotatable bonds is 5. The van der Waals surface area contributed by atoms with Crippen molar-refractivity contribution in [3.05, 3.63) is 82.6 Å². The number of hydrogen-bond acceptors (Lipinski definition) is 4. The van der Waals surface area contributed by atoms with Crippen LogP contribution in [0.4, 0.5) is 9.52 Å². The van der Waals surface area contributed by atoms with E-state index in [1.165, 1.54) is 29.0 Å². The molecule has 0 saturated heterocycles. The molecule has 0 saturated carbocycles. The number of carbonyl (C=O) groups is 1. The van der Waals surface area contributed by atoms with Crippen molar-refractivity contribution in [1.82, 2.24) is 9.55 Å². The van der Waals surface area contributed by atoms with Gasteiger partial charge in [0, 0.05) is 6.54 Å². The average molecular weight is 436 g/mol. The molecule has 0 aliphatic heterocycles. The number of thiophene rings is 1. The highest BCUT2D eigenvalue weighted by atomic mass is 32.1. The molecule has 4 nitrogen and oxygen atoms in total. The number of aryl methyl sites for hydroxylation is 1. The van der Waals surface area contributed by atoms with Crippen LogP contribution in [-0.2, 0) is 13.0 Å². The molecule has 0 spiro atoms. The Morgan fingerprint density at radius 3 is 2.83 bits per heavy atom. The van der Waals surface area contributed by atoms with E-state index in [0.717, 1.165) is 32.4 Å². The van der Waals surface area contributed by atoms with Crippen LogP contribution < -0.4 is 5.32 Å². The topological polar surface area (TPSA) is 46.9 Å². The summed E-state index contributed by atoms with van der Waals surface area (Å²) in [4.78, 5) is 17.7. The summed E-state index contributed by atoms with van der Waals surface area (Å²) in [5.74, 6) is -0.502. The molecule has 150 valence electrons. The molecule has 1 N–H and O–H groups in total. The molecule has 7 heteroatoms. The maximum absolute atomic E-state index is 13.7. The van der Waals surface area contributed by atoms with E-state index in [9.17, 15) is 9.18 Å². The number of aromatic nitrogens is 2. The Bertz CT molecular complexity index is 1380. The van der Waals surface area contributed by atoms with Crippen LogP contribution in [0.5, 0.6) is 0 Å². The van der Waals surface area contributed by atoms with E-state index in [2.05, 4.69) is 29.4 Å². The zero-order valence-electron chi connectivity index (χ0n) is 16.2. The van der Waals surface area contributed by atoms with Crippen molar-refractivity contribution in [2.45, 2.75) is 19.9 Å². The fourth-order valence-electron chi connectivity index (χ4n) is 3.56. The average Bonchev–Trinajstić information content (AvgIpc) is 3.42. The fourth-order valence-corrected chi connectivity index (χ4v) is 5.30. The normalized spacial score (nSPS) is 11.4. The fraction of sp³-hybridized carbons (Fsp3) is 0.130. The summed E-state index contributed by atoms with van der Waals surface area (Å²) in [5.41, 5.74) is 4.43. The van der Waals surface area contributed by atoms with Gasteiger partial charge in [-0.3, -0.25) is 10.1 Å². The van der Waals surface area contributed by atoms with Crippen LogP contribution in [0.1, 0.15) is 28.5 Å². The molecule has 0 bridgehead atoms. The number of benzene rings is 2. The van der Waals surface area contributed by atoms with Crippen LogP contribution in [0.25, 0.3) is 20.4 Å². The summed E-state index contributed by atoms with van der Waals surface area (Å²) in [7, 11) is 0. The van der Waals surface area contributed by atoms with Gasteiger partial charge in [0.15, 0.2) is 5.13 Å². The summed E-state index contributed by atoms with van der Waals surface area (Å²) < 4.78 is 17.7. The van der Waals surface area contributed by atoms with E-state index < -0.39 is 0 Å². The maximum Gasteiger partial charge on any atom is 0.274 e. The van der Waals surface area contributed by atoms with Gasteiger partial charge < -0.3 is 4.57 Å². The van der Waals surface area contributed by atoms with Gasteiger partial charge in [-0.2, -0.15) is 0 Å². The van der Waals surface area contributed by atoms with Crippen LogP contribution in [0.2, 0.25) is 0 Å². The summed E-state index contributed by atoms with van der Waals surface area (Å²) in [6, 6.07) is 16.5. The predicted octanol–water partition coefficient (Wildman–Crippen LogP) is 6.31. The van der Waals surface area contributed by atoms with Gasteiger partial charge in [0.1, 0.15) is 11.5 Å². The van der Waals surface area contributed by atoms with E-state index in [1.54, 1.807) is 17.4 Å². The highest BCUT2D eigenvalue weighted by Crippen LogP contribution is 2.30. The first kappa shape index (κ1) is 19.0. The first-order chi connectivity index (χ1) is 14.6. The van der Waals surface area contributed by atoms with Crippen LogP contribution in [0, 0.1) is 5.82 Å². The van der Waals surface area contributed by atoms with Gasteiger partial charge in [-0.25, -0.2) is 9.37 Å². The van der Waals surface area contributed by atoms with Crippen molar-refractivity contribution in [2.24, 2.45) is 0 Å². The van der Waals surface area contributed by atoms with E-state index in [-0.39, 0.29) is 11.7 Å². The first-order valence-electron chi connectivity index (χ1n) is 9.62. The highest BCUT2D eigenvalue weighted by molar-refractivity contribution is 7.22. The van der Waals surface area contributed by atoms with Crippen molar-refractivity contribution in [3.63, 3.8) is 0 Å². The van der Waals surface area contributed by atoms with Crippen molar-refractivity contribution in [1.29, 1.82) is 0 Å². The summed E-state index contributed by atoms with van der Waals surface area (Å²) in [6.07, 6.45) is 0.958.